The Morgan fingerprint density at radius 1 is 1.18 bits per heavy atom. The van der Waals surface area contributed by atoms with E-state index < -0.39 is 16.9 Å². The number of nitrogen functional groups attached to an aromatic ring is 1. The predicted octanol–water partition coefficient (Wildman–Crippen LogP) is 6.70. The molecule has 3 aliphatic heterocycles. The lowest BCUT2D eigenvalue weighted by atomic mass is 9.58. The molecule has 8 rings (SSSR count). The first-order chi connectivity index (χ1) is 19.2. The second-order valence-corrected chi connectivity index (χ2v) is 13.3. The molecule has 0 radical (unpaired) electrons. The molecule has 1 spiro atoms. The van der Waals surface area contributed by atoms with Crippen molar-refractivity contribution in [2.45, 2.75) is 56.7 Å². The number of fused-ring (bicyclic) bond motifs is 7. The molecule has 1 saturated carbocycles. The van der Waals surface area contributed by atoms with Gasteiger partial charge in [-0.15, -0.1) is 0 Å². The summed E-state index contributed by atoms with van der Waals surface area (Å²) in [5.41, 5.74) is 8.08. The number of amides is 1. The summed E-state index contributed by atoms with van der Waals surface area (Å²) in [6, 6.07) is 11.5. The summed E-state index contributed by atoms with van der Waals surface area (Å²) in [7, 11) is 0. The molecule has 6 nitrogen and oxygen atoms in total. The molecule has 3 aromatic rings. The third kappa shape index (κ3) is 3.14. The van der Waals surface area contributed by atoms with Crippen LogP contribution in [0.1, 0.15) is 49.9 Å². The summed E-state index contributed by atoms with van der Waals surface area (Å²) >= 11 is 12.9. The first-order valence-electron chi connectivity index (χ1n) is 14.1. The highest BCUT2D eigenvalue weighted by molar-refractivity contribution is 6.31. The van der Waals surface area contributed by atoms with Crippen LogP contribution in [-0.4, -0.2) is 32.9 Å². The first-order valence-corrected chi connectivity index (χ1v) is 14.8. The van der Waals surface area contributed by atoms with Crippen LogP contribution in [0.5, 0.6) is 0 Å². The number of aryl methyl sites for hydroxylation is 1. The second kappa shape index (κ2) is 8.34. The van der Waals surface area contributed by atoms with Crippen LogP contribution in [0, 0.1) is 17.3 Å². The van der Waals surface area contributed by atoms with Crippen molar-refractivity contribution in [1.82, 2.24) is 14.5 Å². The average Bonchev–Trinajstić information content (AvgIpc) is 3.51. The maximum Gasteiger partial charge on any atom is 0.249 e. The molecule has 2 aromatic carbocycles. The molecule has 206 valence electrons. The van der Waals surface area contributed by atoms with Crippen molar-refractivity contribution in [3.8, 4) is 0 Å². The van der Waals surface area contributed by atoms with E-state index in [-0.39, 0.29) is 28.7 Å². The highest BCUT2D eigenvalue weighted by Crippen LogP contribution is 2.68. The number of nitrogens with two attached hydrogens (primary N) is 1. The molecule has 1 amide bonds. The fourth-order valence-electron chi connectivity index (χ4n) is 8.40. The number of allylic oxidation sites excluding steroid dienone is 4. The number of rotatable bonds is 3. The summed E-state index contributed by atoms with van der Waals surface area (Å²) in [4.78, 5) is 22.2. The Balaban J connectivity index is 1.44. The molecule has 0 bridgehead atoms. The Labute approximate surface area is 242 Å². The summed E-state index contributed by atoms with van der Waals surface area (Å²) in [6.07, 6.45) is 7.13. The van der Waals surface area contributed by atoms with E-state index >= 15 is 4.39 Å². The fraction of sp³-hybridized carbons (Fsp3) is 0.419. The first kappa shape index (κ1) is 24.9. The third-order valence-electron chi connectivity index (χ3n) is 10.2. The number of likely N-dealkylation sites (tertiary alicyclic amines) is 1. The number of nitrogens with one attached hydrogen (secondary N) is 1. The van der Waals surface area contributed by atoms with Crippen LogP contribution < -0.4 is 11.1 Å². The van der Waals surface area contributed by atoms with Gasteiger partial charge in [0.1, 0.15) is 17.2 Å². The smallest absolute Gasteiger partial charge is 0.249 e. The number of hydrogen-bond acceptors (Lipinski definition) is 4. The minimum absolute atomic E-state index is 0.00828. The Bertz CT molecular complexity index is 1680. The van der Waals surface area contributed by atoms with E-state index in [1.807, 2.05) is 49.4 Å². The van der Waals surface area contributed by atoms with Gasteiger partial charge in [-0.2, -0.15) is 0 Å². The van der Waals surface area contributed by atoms with Crippen molar-refractivity contribution in [1.29, 1.82) is 0 Å². The van der Waals surface area contributed by atoms with Crippen LogP contribution in [0.15, 0.2) is 59.4 Å². The molecule has 9 heteroatoms. The van der Waals surface area contributed by atoms with Crippen LogP contribution in [0.3, 0.4) is 0 Å². The van der Waals surface area contributed by atoms with Gasteiger partial charge < -0.3 is 15.6 Å². The lowest BCUT2D eigenvalue weighted by molar-refractivity contribution is -0.132. The van der Waals surface area contributed by atoms with Crippen molar-refractivity contribution < 1.29 is 9.18 Å². The zero-order valence-electron chi connectivity index (χ0n) is 22.1. The fourth-order valence-corrected chi connectivity index (χ4v) is 8.87. The average molecular weight is 579 g/mol. The number of hydrogen-bond donors (Lipinski definition) is 2. The Hall–Kier alpha value is -2.87. The van der Waals surface area contributed by atoms with Gasteiger partial charge in [0.25, 0.3) is 0 Å². The van der Waals surface area contributed by atoms with Gasteiger partial charge in [0.2, 0.25) is 5.91 Å². The van der Waals surface area contributed by atoms with Gasteiger partial charge in [-0.25, -0.2) is 9.37 Å². The lowest BCUT2D eigenvalue weighted by Crippen LogP contribution is -2.56. The van der Waals surface area contributed by atoms with Gasteiger partial charge in [0, 0.05) is 58.3 Å². The third-order valence-corrected chi connectivity index (χ3v) is 10.7. The largest absolute Gasteiger partial charge is 0.399 e. The van der Waals surface area contributed by atoms with Gasteiger partial charge >= 0.3 is 0 Å². The zero-order chi connectivity index (χ0) is 27.6. The Kier molecular flexibility index (Phi) is 5.19. The molecule has 5 atom stereocenters. The number of anilines is 2. The normalized spacial score (nSPS) is 33.0. The van der Waals surface area contributed by atoms with Crippen molar-refractivity contribution in [2.24, 2.45) is 17.3 Å². The van der Waals surface area contributed by atoms with Gasteiger partial charge in [0.15, 0.2) is 0 Å². The van der Waals surface area contributed by atoms with Gasteiger partial charge in [-0.1, -0.05) is 42.3 Å². The van der Waals surface area contributed by atoms with Gasteiger partial charge in [-0.05, 0) is 68.0 Å². The van der Waals surface area contributed by atoms with Gasteiger partial charge in [0.05, 0.1) is 16.1 Å². The minimum atomic E-state index is -1.10. The number of benzene rings is 2. The molecule has 5 aliphatic rings. The van der Waals surface area contributed by atoms with Crippen LogP contribution in [0.4, 0.5) is 15.8 Å². The van der Waals surface area contributed by atoms with E-state index in [2.05, 4.69) is 14.8 Å². The number of carbonyl (C=O) groups is 1. The highest BCUT2D eigenvalue weighted by Gasteiger charge is 2.72. The minimum Gasteiger partial charge on any atom is -0.399 e. The SMILES string of the molecule is CC1([C@H]2[C@@H]3c4nc5cc(N)ccc5n4CC[C@@H]3N(CC3CC3)[C@@]23C(=O)Nc2cc(Cl)ccc23)CC=CC(Cl)=C1F. The number of imidazole rings is 1. The zero-order valence-corrected chi connectivity index (χ0v) is 23.6. The van der Waals surface area contributed by atoms with Crippen LogP contribution >= 0.6 is 23.2 Å². The number of aromatic nitrogens is 2. The standard InChI is InChI=1S/C31H30Cl2FN5O/c1-30(11-2-3-20(33)27(30)34)26-25-24(10-12-38-23-9-7-18(35)14-22(23)36-28(25)38)39(15-16-4-5-16)31(26)19-8-6-17(32)13-21(19)37-29(31)40/h2-3,6-9,13-14,16,24-26H,4-5,10-12,15,35H2,1H3,(H,37,40)/t24-,25+,26+,30?,31+/m0/s1. The molecule has 1 aromatic heterocycles. The molecule has 1 unspecified atom stereocenters. The molecule has 4 heterocycles. The number of nitrogens with zero attached hydrogens (tertiary/aromatic N) is 3. The van der Waals surface area contributed by atoms with E-state index in [0.717, 1.165) is 54.8 Å². The summed E-state index contributed by atoms with van der Waals surface area (Å²) in [5, 5.41) is 3.83. The molecular weight excluding hydrogens is 548 g/mol. The Morgan fingerprint density at radius 3 is 2.80 bits per heavy atom. The van der Waals surface area contributed by atoms with Gasteiger partial charge in [-0.3, -0.25) is 9.69 Å². The maximum absolute atomic E-state index is 16.6. The topological polar surface area (TPSA) is 76.2 Å². The number of halogens is 3. The van der Waals surface area contributed by atoms with E-state index in [1.165, 1.54) is 0 Å². The van der Waals surface area contributed by atoms with E-state index in [9.17, 15) is 4.79 Å². The molecule has 2 aliphatic carbocycles. The Morgan fingerprint density at radius 2 is 2.00 bits per heavy atom. The molecule has 1 saturated heterocycles. The van der Waals surface area contributed by atoms with Crippen molar-refractivity contribution in [2.75, 3.05) is 17.6 Å². The van der Waals surface area contributed by atoms with Crippen LogP contribution in [0.25, 0.3) is 11.0 Å². The van der Waals surface area contributed by atoms with E-state index in [1.54, 1.807) is 6.08 Å². The van der Waals surface area contributed by atoms with Crippen molar-refractivity contribution >= 4 is 51.5 Å². The van der Waals surface area contributed by atoms with E-state index in [4.69, 9.17) is 33.9 Å². The lowest BCUT2D eigenvalue weighted by Gasteiger charge is -2.47. The van der Waals surface area contributed by atoms with Crippen LogP contribution in [-0.2, 0) is 16.9 Å². The van der Waals surface area contributed by atoms with Crippen molar-refractivity contribution in [3.63, 3.8) is 0 Å². The van der Waals surface area contributed by atoms with Crippen LogP contribution in [0.2, 0.25) is 5.02 Å². The predicted molar refractivity (Wildman–Crippen MR) is 156 cm³/mol. The van der Waals surface area contributed by atoms with Crippen molar-refractivity contribution in [3.05, 3.63) is 75.8 Å². The highest BCUT2D eigenvalue weighted by atomic mass is 35.5. The summed E-state index contributed by atoms with van der Waals surface area (Å²) < 4.78 is 18.8. The molecule has 2 fully saturated rings. The second-order valence-electron chi connectivity index (χ2n) is 12.4. The van der Waals surface area contributed by atoms with E-state index in [0.29, 0.717) is 28.7 Å². The summed E-state index contributed by atoms with van der Waals surface area (Å²) in [5.74, 6) is 0.258. The quantitative estimate of drug-likeness (QED) is 0.339. The monoisotopic (exact) mass is 577 g/mol. The summed E-state index contributed by atoms with van der Waals surface area (Å²) in [6.45, 7) is 3.50. The number of carbonyl (C=O) groups excluding carboxylic acids is 1. The molecule has 40 heavy (non-hydrogen) atoms. The maximum atomic E-state index is 16.6. The molecule has 3 N–H and O–H groups in total. The molecular formula is C31H30Cl2FN5O.